The molecule has 0 amide bonds. The summed E-state index contributed by atoms with van der Waals surface area (Å²) < 4.78 is 15.9. The Balaban J connectivity index is 0.00000243. The smallest absolute Gasteiger partial charge is 0.614 e. The van der Waals surface area contributed by atoms with E-state index in [1.54, 1.807) is 20.7 Å². The fourth-order valence-corrected chi connectivity index (χ4v) is 4.53. The number of likely N-dealkylation sites (tertiary alicyclic amines) is 1. The van der Waals surface area contributed by atoms with Crippen LogP contribution in [0.25, 0.3) is 0 Å². The van der Waals surface area contributed by atoms with Crippen LogP contribution in [0.3, 0.4) is 0 Å². The van der Waals surface area contributed by atoms with E-state index in [9.17, 15) is 4.79 Å². The largest absolute Gasteiger partial charge is 1.00 e. The van der Waals surface area contributed by atoms with E-state index in [-0.39, 0.29) is 69.1 Å². The SMILES string of the molecule is COc1ccc(C[C@@]23CCC(O[C-]=O)=C[C@]2(C)N(C)CC3)cc1OC.[Rb+]. The first kappa shape index (κ1) is 22.1. The number of ether oxygens (including phenoxy) is 3. The van der Waals surface area contributed by atoms with Gasteiger partial charge in [0.15, 0.2) is 18.0 Å². The Morgan fingerprint density at radius 1 is 1.19 bits per heavy atom. The summed E-state index contributed by atoms with van der Waals surface area (Å²) in [4.78, 5) is 13.0. The fourth-order valence-electron chi connectivity index (χ4n) is 4.53. The summed E-state index contributed by atoms with van der Waals surface area (Å²) in [5.41, 5.74) is 1.20. The van der Waals surface area contributed by atoms with Crippen molar-refractivity contribution >= 4 is 6.47 Å². The molecule has 3 rings (SSSR count). The molecular formula is C20H26NO4Rb. The molecule has 1 aromatic rings. The molecule has 1 aromatic carbocycles. The number of nitrogens with zero attached hydrogens (tertiary/aromatic N) is 1. The van der Waals surface area contributed by atoms with Crippen LogP contribution in [0.2, 0.25) is 0 Å². The van der Waals surface area contributed by atoms with E-state index in [2.05, 4.69) is 37.1 Å². The Labute approximate surface area is 204 Å². The molecule has 1 heterocycles. The van der Waals surface area contributed by atoms with Crippen molar-refractivity contribution in [3.05, 3.63) is 35.6 Å². The van der Waals surface area contributed by atoms with Gasteiger partial charge in [-0.2, -0.15) is 0 Å². The topological polar surface area (TPSA) is 48.0 Å². The number of carbonyl (C=O) groups excluding carboxylic acids is 1. The van der Waals surface area contributed by atoms with E-state index in [0.717, 1.165) is 49.5 Å². The first-order chi connectivity index (χ1) is 12.0. The van der Waals surface area contributed by atoms with Gasteiger partial charge in [0.05, 0.1) is 14.2 Å². The van der Waals surface area contributed by atoms with Gasteiger partial charge in [-0.15, -0.1) is 6.08 Å². The second-order valence-electron chi connectivity index (χ2n) is 7.26. The van der Waals surface area contributed by atoms with Gasteiger partial charge in [0.1, 0.15) is 0 Å². The van der Waals surface area contributed by atoms with Crippen LogP contribution < -0.4 is 67.7 Å². The Hall–Kier alpha value is -0.205. The molecule has 0 unspecified atom stereocenters. The third-order valence-electron chi connectivity index (χ3n) is 6.25. The average Bonchev–Trinajstić information content (AvgIpc) is 2.86. The first-order valence-electron chi connectivity index (χ1n) is 8.66. The molecule has 2 aliphatic rings. The maximum atomic E-state index is 10.6. The van der Waals surface area contributed by atoms with E-state index >= 15 is 0 Å². The third kappa shape index (κ3) is 3.83. The second kappa shape index (κ2) is 8.87. The van der Waals surface area contributed by atoms with E-state index in [1.807, 2.05) is 6.07 Å². The number of hydrogen-bond acceptors (Lipinski definition) is 5. The number of likely N-dealkylation sites (N-methyl/N-ethyl adjacent to an activating group) is 1. The van der Waals surface area contributed by atoms with Crippen molar-refractivity contribution in [2.45, 2.75) is 38.1 Å². The predicted octanol–water partition coefficient (Wildman–Crippen LogP) is 0.0924. The molecule has 0 spiro atoms. The summed E-state index contributed by atoms with van der Waals surface area (Å²) in [6, 6.07) is 6.15. The summed E-state index contributed by atoms with van der Waals surface area (Å²) in [6.45, 7) is 4.84. The normalized spacial score (nSPS) is 27.8. The van der Waals surface area contributed by atoms with Gasteiger partial charge in [-0.05, 0) is 56.5 Å². The van der Waals surface area contributed by atoms with Crippen molar-refractivity contribution in [3.8, 4) is 11.5 Å². The molecule has 0 saturated carbocycles. The quantitative estimate of drug-likeness (QED) is 0.600. The van der Waals surface area contributed by atoms with Crippen molar-refractivity contribution in [2.24, 2.45) is 5.41 Å². The fraction of sp³-hybridized carbons (Fsp3) is 0.550. The molecule has 0 bridgehead atoms. The van der Waals surface area contributed by atoms with Gasteiger partial charge in [-0.1, -0.05) is 24.7 Å². The zero-order valence-electron chi connectivity index (χ0n) is 16.4. The van der Waals surface area contributed by atoms with Gasteiger partial charge in [0, 0.05) is 5.54 Å². The molecule has 1 aliphatic heterocycles. The summed E-state index contributed by atoms with van der Waals surface area (Å²) in [7, 11) is 5.45. The van der Waals surface area contributed by atoms with Crippen LogP contribution in [-0.4, -0.2) is 44.7 Å². The monoisotopic (exact) mass is 429 g/mol. The Kier molecular flexibility index (Phi) is 7.53. The minimum atomic E-state index is -0.148. The molecule has 6 heteroatoms. The Morgan fingerprint density at radius 3 is 2.58 bits per heavy atom. The number of methoxy groups -OCH3 is 2. The summed E-state index contributed by atoms with van der Waals surface area (Å²) >= 11 is 0. The number of hydrogen-bond donors (Lipinski definition) is 0. The van der Waals surface area contributed by atoms with Gasteiger partial charge in [0.25, 0.3) is 0 Å². The van der Waals surface area contributed by atoms with Crippen molar-refractivity contribution in [2.75, 3.05) is 27.8 Å². The standard InChI is InChI=1S/C20H26NO4.Rb/c1-19-13-16(25-14-22)7-8-20(19,9-10-21(19)2)12-15-5-6-17(23-3)18(11-15)24-4;/h5-6,11,13H,7-10,12H2,1-4H3;/q-1;+1/t19-,20-;/m0./s1. The van der Waals surface area contributed by atoms with Crippen molar-refractivity contribution in [3.63, 3.8) is 0 Å². The molecule has 0 aromatic heterocycles. The maximum Gasteiger partial charge on any atom is 1.00 e. The van der Waals surface area contributed by atoms with Gasteiger partial charge in [-0.3, -0.25) is 4.90 Å². The molecule has 1 saturated heterocycles. The van der Waals surface area contributed by atoms with Crippen LogP contribution in [0.1, 0.15) is 31.7 Å². The predicted molar refractivity (Wildman–Crippen MR) is 95.4 cm³/mol. The molecule has 1 aliphatic carbocycles. The van der Waals surface area contributed by atoms with Crippen LogP contribution in [-0.2, 0) is 16.0 Å². The number of rotatable bonds is 6. The average molecular weight is 430 g/mol. The molecule has 0 N–H and O–H groups in total. The Morgan fingerprint density at radius 2 is 1.92 bits per heavy atom. The van der Waals surface area contributed by atoms with Crippen LogP contribution in [0, 0.1) is 5.41 Å². The minimum Gasteiger partial charge on any atom is -0.614 e. The van der Waals surface area contributed by atoms with E-state index in [4.69, 9.17) is 14.2 Å². The molecule has 26 heavy (non-hydrogen) atoms. The minimum absolute atomic E-state index is 0. The van der Waals surface area contributed by atoms with Gasteiger partial charge < -0.3 is 19.0 Å². The number of benzene rings is 1. The van der Waals surface area contributed by atoms with Crippen LogP contribution in [0.15, 0.2) is 30.0 Å². The molecule has 1 fully saturated rings. The summed E-state index contributed by atoms with van der Waals surface area (Å²) in [5.74, 6) is 2.24. The van der Waals surface area contributed by atoms with Crippen molar-refractivity contribution in [1.29, 1.82) is 0 Å². The van der Waals surface area contributed by atoms with Crippen LogP contribution in [0.4, 0.5) is 0 Å². The van der Waals surface area contributed by atoms with E-state index in [1.165, 1.54) is 5.56 Å². The maximum absolute atomic E-state index is 10.6. The number of fused-ring (bicyclic) bond motifs is 1. The Bertz CT molecular complexity index is 692. The summed E-state index contributed by atoms with van der Waals surface area (Å²) in [6.07, 6.45) is 5.93. The van der Waals surface area contributed by atoms with Gasteiger partial charge in [-0.25, -0.2) is 0 Å². The zero-order valence-corrected chi connectivity index (χ0v) is 21.3. The van der Waals surface area contributed by atoms with E-state index < -0.39 is 0 Å². The van der Waals surface area contributed by atoms with E-state index in [0.29, 0.717) is 0 Å². The van der Waals surface area contributed by atoms with Crippen LogP contribution >= 0.6 is 0 Å². The molecule has 0 radical (unpaired) electrons. The second-order valence-corrected chi connectivity index (χ2v) is 7.26. The summed E-state index contributed by atoms with van der Waals surface area (Å²) in [5, 5.41) is 0. The molecule has 5 nitrogen and oxygen atoms in total. The molecular weight excluding hydrogens is 404 g/mol. The molecule has 136 valence electrons. The van der Waals surface area contributed by atoms with Crippen molar-refractivity contribution < 1.29 is 77.2 Å². The van der Waals surface area contributed by atoms with Gasteiger partial charge >= 0.3 is 58.2 Å². The first-order valence-corrected chi connectivity index (χ1v) is 8.66. The zero-order chi connectivity index (χ0) is 18.1. The third-order valence-corrected chi connectivity index (χ3v) is 6.25. The van der Waals surface area contributed by atoms with Crippen LogP contribution in [0.5, 0.6) is 11.5 Å². The van der Waals surface area contributed by atoms with Crippen molar-refractivity contribution in [1.82, 2.24) is 4.90 Å². The van der Waals surface area contributed by atoms with Gasteiger partial charge in [0.2, 0.25) is 0 Å². The molecule has 2 atom stereocenters. The number of allylic oxidation sites excluding steroid dienone is 1.